The first-order chi connectivity index (χ1) is 8.47. The van der Waals surface area contributed by atoms with Gasteiger partial charge in [0.1, 0.15) is 0 Å². The third-order valence-electron chi connectivity index (χ3n) is 3.56. The summed E-state index contributed by atoms with van der Waals surface area (Å²) in [4.78, 5) is 2.50. The number of halogens is 2. The lowest BCUT2D eigenvalue weighted by Gasteiger charge is -2.21. The highest BCUT2D eigenvalue weighted by Crippen LogP contribution is 2.30. The Hall–Kier alpha value is -0.250. The number of nitrogens with zero attached hydrogens (tertiary/aromatic N) is 1. The molecule has 18 heavy (non-hydrogen) atoms. The summed E-state index contributed by atoms with van der Waals surface area (Å²) in [6.45, 7) is 8.80. The largest absolute Gasteiger partial charge is 0.380 e. The molecule has 1 atom stereocenters. The molecular formula is C14H20BrClN2. The number of hydrogen-bond acceptors (Lipinski definition) is 2. The third-order valence-corrected chi connectivity index (χ3v) is 4.62. The summed E-state index contributed by atoms with van der Waals surface area (Å²) < 4.78 is 1.09. The zero-order chi connectivity index (χ0) is 13.3. The van der Waals surface area contributed by atoms with Crippen LogP contribution in [0.2, 0.25) is 5.02 Å². The van der Waals surface area contributed by atoms with Gasteiger partial charge in [-0.15, -0.1) is 0 Å². The van der Waals surface area contributed by atoms with Crippen molar-refractivity contribution >= 4 is 33.2 Å². The Bertz CT molecular complexity index is 434. The Labute approximate surface area is 123 Å². The Morgan fingerprint density at radius 3 is 2.78 bits per heavy atom. The zero-order valence-electron chi connectivity index (χ0n) is 11.1. The average molecular weight is 332 g/mol. The molecule has 1 N–H and O–H groups in total. The van der Waals surface area contributed by atoms with Crippen LogP contribution < -0.4 is 5.32 Å². The third kappa shape index (κ3) is 3.19. The van der Waals surface area contributed by atoms with E-state index in [0.29, 0.717) is 12.1 Å². The van der Waals surface area contributed by atoms with Crippen LogP contribution in [0.15, 0.2) is 16.6 Å². The van der Waals surface area contributed by atoms with Gasteiger partial charge in [-0.05, 0) is 60.8 Å². The number of nitrogens with one attached hydrogen (secondary N) is 1. The first kappa shape index (κ1) is 14.2. The average Bonchev–Trinajstić information content (AvgIpc) is 2.74. The fourth-order valence-corrected chi connectivity index (χ4v) is 3.09. The summed E-state index contributed by atoms with van der Waals surface area (Å²) in [6, 6.07) is 5.23. The minimum atomic E-state index is 0.516. The number of aryl methyl sites for hydroxylation is 1. The van der Waals surface area contributed by atoms with Gasteiger partial charge in [0, 0.05) is 34.7 Å². The molecule has 0 aromatic heterocycles. The van der Waals surface area contributed by atoms with Gasteiger partial charge in [0.2, 0.25) is 0 Å². The predicted octanol–water partition coefficient (Wildman–Crippen LogP) is 4.31. The number of benzene rings is 1. The van der Waals surface area contributed by atoms with E-state index >= 15 is 0 Å². The molecule has 1 saturated heterocycles. The lowest BCUT2D eigenvalue weighted by Crippen LogP contribution is -2.31. The van der Waals surface area contributed by atoms with Crippen LogP contribution in [0.5, 0.6) is 0 Å². The monoisotopic (exact) mass is 330 g/mol. The van der Waals surface area contributed by atoms with E-state index in [1.807, 2.05) is 13.0 Å². The van der Waals surface area contributed by atoms with Crippen LogP contribution in [0.1, 0.15) is 25.8 Å². The minimum Gasteiger partial charge on any atom is -0.380 e. The normalized spacial score (nSPS) is 20.7. The van der Waals surface area contributed by atoms with E-state index in [4.69, 9.17) is 11.6 Å². The van der Waals surface area contributed by atoms with Gasteiger partial charge in [0.25, 0.3) is 0 Å². The number of anilines is 1. The van der Waals surface area contributed by atoms with Crippen molar-refractivity contribution in [1.82, 2.24) is 4.90 Å². The van der Waals surface area contributed by atoms with Gasteiger partial charge in [0.15, 0.2) is 0 Å². The molecule has 2 rings (SSSR count). The van der Waals surface area contributed by atoms with E-state index in [2.05, 4.69) is 46.1 Å². The molecule has 0 aliphatic carbocycles. The van der Waals surface area contributed by atoms with E-state index in [0.717, 1.165) is 27.3 Å². The van der Waals surface area contributed by atoms with E-state index in [-0.39, 0.29) is 0 Å². The van der Waals surface area contributed by atoms with Gasteiger partial charge < -0.3 is 5.32 Å². The quantitative estimate of drug-likeness (QED) is 0.888. The summed E-state index contributed by atoms with van der Waals surface area (Å²) >= 11 is 9.78. The highest BCUT2D eigenvalue weighted by Gasteiger charge is 2.24. The molecule has 0 radical (unpaired) electrons. The molecule has 0 saturated carbocycles. The van der Waals surface area contributed by atoms with Crippen LogP contribution >= 0.6 is 27.5 Å². The fourth-order valence-electron chi connectivity index (χ4n) is 2.35. The second kappa shape index (κ2) is 5.81. The minimum absolute atomic E-state index is 0.516. The van der Waals surface area contributed by atoms with Crippen LogP contribution in [0, 0.1) is 6.92 Å². The smallest absolute Gasteiger partial charge is 0.0502 e. The number of rotatable bonds is 3. The molecule has 1 heterocycles. The van der Waals surface area contributed by atoms with Gasteiger partial charge in [-0.3, -0.25) is 4.90 Å². The Morgan fingerprint density at radius 1 is 1.44 bits per heavy atom. The summed E-state index contributed by atoms with van der Waals surface area (Å²) in [5.41, 5.74) is 2.20. The molecule has 2 nitrogen and oxygen atoms in total. The second-order valence-corrected chi connectivity index (χ2v) is 6.56. The van der Waals surface area contributed by atoms with Crippen molar-refractivity contribution in [3.63, 3.8) is 0 Å². The highest BCUT2D eigenvalue weighted by molar-refractivity contribution is 9.10. The molecule has 1 unspecified atom stereocenters. The maximum atomic E-state index is 6.18. The Kier molecular flexibility index (Phi) is 4.57. The van der Waals surface area contributed by atoms with Crippen LogP contribution in [0.4, 0.5) is 5.69 Å². The number of likely N-dealkylation sites (tertiary alicyclic amines) is 1. The van der Waals surface area contributed by atoms with Crippen LogP contribution in [0.25, 0.3) is 0 Å². The van der Waals surface area contributed by atoms with Crippen LogP contribution in [-0.4, -0.2) is 30.1 Å². The molecule has 1 aliphatic rings. The SMILES string of the molecule is Cc1cc(Br)c(NC2CCN(C(C)C)C2)cc1Cl. The van der Waals surface area contributed by atoms with Gasteiger partial charge in [0.05, 0.1) is 5.69 Å². The maximum Gasteiger partial charge on any atom is 0.0502 e. The first-order valence-electron chi connectivity index (χ1n) is 6.43. The van der Waals surface area contributed by atoms with E-state index < -0.39 is 0 Å². The van der Waals surface area contributed by atoms with E-state index in [1.165, 1.54) is 13.0 Å². The molecule has 1 aromatic rings. The molecule has 4 heteroatoms. The first-order valence-corrected chi connectivity index (χ1v) is 7.60. The molecular weight excluding hydrogens is 312 g/mol. The maximum absolute atomic E-state index is 6.18. The topological polar surface area (TPSA) is 15.3 Å². The van der Waals surface area contributed by atoms with Crippen molar-refractivity contribution in [1.29, 1.82) is 0 Å². The number of hydrogen-bond donors (Lipinski definition) is 1. The zero-order valence-corrected chi connectivity index (χ0v) is 13.5. The predicted molar refractivity (Wildman–Crippen MR) is 82.6 cm³/mol. The molecule has 1 fully saturated rings. The van der Waals surface area contributed by atoms with Gasteiger partial charge in [-0.25, -0.2) is 0 Å². The van der Waals surface area contributed by atoms with Crippen molar-refractivity contribution in [3.05, 3.63) is 27.2 Å². The lowest BCUT2D eigenvalue weighted by molar-refractivity contribution is 0.274. The fraction of sp³-hybridized carbons (Fsp3) is 0.571. The van der Waals surface area contributed by atoms with Crippen molar-refractivity contribution in [2.75, 3.05) is 18.4 Å². The van der Waals surface area contributed by atoms with Crippen LogP contribution in [0.3, 0.4) is 0 Å². The van der Waals surface area contributed by atoms with E-state index in [9.17, 15) is 0 Å². The van der Waals surface area contributed by atoms with Crippen molar-refractivity contribution in [3.8, 4) is 0 Å². The van der Waals surface area contributed by atoms with Crippen LogP contribution in [-0.2, 0) is 0 Å². The standard InChI is InChI=1S/C14H20BrClN2/c1-9(2)18-5-4-11(8-18)17-14-7-13(16)10(3)6-12(14)15/h6-7,9,11,17H,4-5,8H2,1-3H3. The summed E-state index contributed by atoms with van der Waals surface area (Å²) in [5, 5.41) is 4.41. The summed E-state index contributed by atoms with van der Waals surface area (Å²) in [6.07, 6.45) is 1.19. The van der Waals surface area contributed by atoms with Crippen molar-refractivity contribution < 1.29 is 0 Å². The van der Waals surface area contributed by atoms with Crippen molar-refractivity contribution in [2.45, 2.75) is 39.3 Å². The summed E-state index contributed by atoms with van der Waals surface area (Å²) in [5.74, 6) is 0. The van der Waals surface area contributed by atoms with Gasteiger partial charge in [-0.1, -0.05) is 11.6 Å². The Balaban J connectivity index is 2.05. The lowest BCUT2D eigenvalue weighted by atomic mass is 10.2. The molecule has 1 aliphatic heterocycles. The molecule has 100 valence electrons. The molecule has 1 aromatic carbocycles. The second-order valence-electron chi connectivity index (χ2n) is 5.30. The molecule has 0 bridgehead atoms. The van der Waals surface area contributed by atoms with Crippen molar-refractivity contribution in [2.24, 2.45) is 0 Å². The Morgan fingerprint density at radius 2 is 2.17 bits per heavy atom. The highest BCUT2D eigenvalue weighted by atomic mass is 79.9. The van der Waals surface area contributed by atoms with Gasteiger partial charge >= 0.3 is 0 Å². The summed E-state index contributed by atoms with van der Waals surface area (Å²) in [7, 11) is 0. The molecule has 0 spiro atoms. The van der Waals surface area contributed by atoms with E-state index in [1.54, 1.807) is 0 Å². The van der Waals surface area contributed by atoms with Gasteiger partial charge in [-0.2, -0.15) is 0 Å². The molecule has 0 amide bonds.